The molecule has 0 heterocycles. The Morgan fingerprint density at radius 1 is 0.704 bits per heavy atom. The second-order valence-corrected chi connectivity index (χ2v) is 8.11. The first-order valence-corrected chi connectivity index (χ1v) is 14.1. The van der Waals surface area contributed by atoms with Crippen molar-refractivity contribution in [1.82, 2.24) is 0 Å². The van der Waals surface area contributed by atoms with Crippen LogP contribution in [-0.2, 0) is 19.2 Å². The van der Waals surface area contributed by atoms with Gasteiger partial charge in [-0.15, -0.1) is 0 Å². The number of hydrogen-bond donors (Lipinski definition) is 0. The average Bonchev–Trinajstić information content (AvgIpc) is 2.55. The van der Waals surface area contributed by atoms with Crippen LogP contribution in [0.5, 0.6) is 0 Å². The zero-order valence-electron chi connectivity index (χ0n) is 16.2. The Morgan fingerprint density at radius 3 is 1.11 bits per heavy atom. The van der Waals surface area contributed by atoms with Gasteiger partial charge in [-0.25, -0.2) is 0 Å². The quantitative estimate of drug-likeness (QED) is 0.252. The van der Waals surface area contributed by atoms with Gasteiger partial charge in [0.2, 0.25) is 0 Å². The molecule has 0 aromatic carbocycles. The summed E-state index contributed by atoms with van der Waals surface area (Å²) in [5.74, 6) is -5.86. The average molecular weight is 489 g/mol. The van der Waals surface area contributed by atoms with Gasteiger partial charge in [-0.3, -0.25) is 0 Å². The molecule has 0 atom stereocenters. The predicted molar refractivity (Wildman–Crippen MR) is 92.7 cm³/mol. The third kappa shape index (κ3) is 24.2. The molecule has 0 amide bonds. The van der Waals surface area contributed by atoms with Crippen molar-refractivity contribution in [2.75, 3.05) is 0 Å². The monoisotopic (exact) mass is 490 g/mol. The van der Waals surface area contributed by atoms with Crippen LogP contribution < -0.4 is 20.4 Å². The summed E-state index contributed by atoms with van der Waals surface area (Å²) in [6, 6.07) is 0. The molecule has 0 rings (SSSR count). The molecule has 0 aliphatic heterocycles. The second kappa shape index (κ2) is 20.5. The number of carboxylic acid groups (broad SMARTS) is 4. The van der Waals surface area contributed by atoms with Gasteiger partial charge in [-0.2, -0.15) is 0 Å². The topological polar surface area (TPSA) is 161 Å². The molecule has 0 aliphatic carbocycles. The summed E-state index contributed by atoms with van der Waals surface area (Å²) in [5, 5.41) is 40.5. The van der Waals surface area contributed by atoms with Crippen molar-refractivity contribution >= 4 is 45.0 Å². The molecular weight excluding hydrogens is 463 g/mol. The number of carboxylic acids is 4. The summed E-state index contributed by atoms with van der Waals surface area (Å²) >= 11 is 0.230. The van der Waals surface area contributed by atoms with E-state index in [2.05, 4.69) is 9.88 Å². The van der Waals surface area contributed by atoms with E-state index >= 15 is 0 Å². The van der Waals surface area contributed by atoms with Crippen molar-refractivity contribution in [2.45, 2.75) is 62.3 Å². The number of aliphatic carboxylic acids is 4. The van der Waals surface area contributed by atoms with Crippen molar-refractivity contribution in [3.05, 3.63) is 23.3 Å². The van der Waals surface area contributed by atoms with Crippen LogP contribution in [0.2, 0.25) is 9.88 Å². The van der Waals surface area contributed by atoms with Gasteiger partial charge in [0.1, 0.15) is 0 Å². The number of carbonyl (C=O) groups is 4. The van der Waals surface area contributed by atoms with Crippen LogP contribution in [0.15, 0.2) is 23.3 Å². The number of unbranched alkanes of at least 4 members (excludes halogenated alkanes) is 2. The van der Waals surface area contributed by atoms with E-state index < -0.39 is 23.9 Å². The molecule has 0 spiro atoms. The van der Waals surface area contributed by atoms with E-state index in [-0.39, 0.29) is 45.1 Å². The van der Waals surface area contributed by atoms with Gasteiger partial charge in [0, 0.05) is 0 Å². The molecular formula is C18H26O8Sn. The predicted octanol–water partition coefficient (Wildman–Crippen LogP) is -2.01. The van der Waals surface area contributed by atoms with Crippen LogP contribution in [0.4, 0.5) is 0 Å². The van der Waals surface area contributed by atoms with Crippen LogP contribution >= 0.6 is 0 Å². The van der Waals surface area contributed by atoms with Gasteiger partial charge in [0.25, 0.3) is 0 Å². The van der Waals surface area contributed by atoms with Crippen molar-refractivity contribution < 1.29 is 39.6 Å². The maximum absolute atomic E-state index is 10.3. The molecule has 6 radical (unpaired) electrons. The number of carbonyl (C=O) groups excluding carboxylic acids is 4. The molecule has 0 aromatic heterocycles. The maximum atomic E-state index is 10.3. The standard InChI is InChI=1S/2C8H12O4.2CH3.Sn/c2*1-2-3-4-6(8(11)12)5-7(9)10;;;/h2*5H,2-4H2,1H3,(H,9,10)(H,11,12);2*1H3;/q;;;;+4/p-4/b2*6-5-;;;. The van der Waals surface area contributed by atoms with Crippen LogP contribution in [0, 0.1) is 0 Å². The molecule has 150 valence electrons. The first-order chi connectivity index (χ1) is 12.6. The zero-order chi connectivity index (χ0) is 21.8. The normalized spacial score (nSPS) is 10.7. The second-order valence-electron chi connectivity index (χ2n) is 5.26. The fraction of sp³-hybridized carbons (Fsp3) is 0.556. The van der Waals surface area contributed by atoms with E-state index in [0.29, 0.717) is 25.0 Å². The van der Waals surface area contributed by atoms with Gasteiger partial charge < -0.3 is 39.6 Å². The first-order valence-electron chi connectivity index (χ1n) is 8.41. The number of rotatable bonds is 10. The molecule has 0 N–H and O–H groups in total. The van der Waals surface area contributed by atoms with Gasteiger partial charge in [-0.05, 0) is 49.0 Å². The molecule has 8 nitrogen and oxygen atoms in total. The van der Waals surface area contributed by atoms with Crippen LogP contribution in [0.25, 0.3) is 0 Å². The molecule has 0 unspecified atom stereocenters. The van der Waals surface area contributed by atoms with Crippen molar-refractivity contribution in [2.24, 2.45) is 0 Å². The van der Waals surface area contributed by atoms with E-state index in [4.69, 9.17) is 0 Å². The van der Waals surface area contributed by atoms with E-state index in [0.717, 1.165) is 12.8 Å². The molecule has 0 saturated heterocycles. The molecule has 27 heavy (non-hydrogen) atoms. The van der Waals surface area contributed by atoms with E-state index in [9.17, 15) is 39.6 Å². The summed E-state index contributed by atoms with van der Waals surface area (Å²) in [4.78, 5) is 45.1. The molecule has 0 saturated carbocycles. The fourth-order valence-corrected chi connectivity index (χ4v) is 1.49. The molecule has 9 heteroatoms. The van der Waals surface area contributed by atoms with Crippen molar-refractivity contribution in [3.63, 3.8) is 0 Å². The molecule has 0 bridgehead atoms. The summed E-state index contributed by atoms with van der Waals surface area (Å²) in [6.07, 6.45) is 4.45. The van der Waals surface area contributed by atoms with Crippen LogP contribution in [-0.4, -0.2) is 45.0 Å². The van der Waals surface area contributed by atoms with E-state index in [1.54, 1.807) is 0 Å². The number of hydrogen-bond acceptors (Lipinski definition) is 8. The van der Waals surface area contributed by atoms with Crippen molar-refractivity contribution in [3.8, 4) is 0 Å². The van der Waals surface area contributed by atoms with Gasteiger partial charge in [0.15, 0.2) is 0 Å². The zero-order valence-corrected chi connectivity index (χ0v) is 19.0. The van der Waals surface area contributed by atoms with Crippen LogP contribution in [0.1, 0.15) is 52.4 Å². The van der Waals surface area contributed by atoms with Gasteiger partial charge in [0.05, 0.1) is 23.9 Å². The third-order valence-corrected chi connectivity index (χ3v) is 2.71. The van der Waals surface area contributed by atoms with E-state index in [1.165, 1.54) is 0 Å². The molecule has 0 aromatic rings. The Balaban J connectivity index is -0.000000372. The minimum atomic E-state index is -1.50. The summed E-state index contributed by atoms with van der Waals surface area (Å²) in [5.41, 5.74) is -0.422. The molecule has 0 fully saturated rings. The SMILES string of the molecule is CCCC/C(=C/C(=O)[O-])C(=O)[O-].CCCC/C(=C/C(=O)[O-])C(=O)[O-].[CH3][Sn+4][CH3]. The summed E-state index contributed by atoms with van der Waals surface area (Å²) in [7, 11) is 0. The Kier molecular flexibility index (Phi) is 22.7. The Hall–Kier alpha value is -1.84. The first kappa shape index (κ1) is 29.9. The fourth-order valence-electron chi connectivity index (χ4n) is 1.49. The Bertz CT molecular complexity index is 477. The Morgan fingerprint density at radius 2 is 0.963 bits per heavy atom. The van der Waals surface area contributed by atoms with E-state index in [1.807, 2.05) is 13.8 Å². The summed E-state index contributed by atoms with van der Waals surface area (Å²) < 4.78 is 0. The van der Waals surface area contributed by atoms with Gasteiger partial charge >= 0.3 is 31.0 Å². The van der Waals surface area contributed by atoms with Gasteiger partial charge in [-0.1, -0.05) is 26.7 Å². The Labute approximate surface area is 170 Å². The van der Waals surface area contributed by atoms with Crippen molar-refractivity contribution in [1.29, 1.82) is 0 Å². The third-order valence-electron chi connectivity index (χ3n) is 2.71. The summed E-state index contributed by atoms with van der Waals surface area (Å²) in [6.45, 7) is 3.76. The molecule has 0 aliphatic rings. The minimum absolute atomic E-state index is 0.211. The van der Waals surface area contributed by atoms with Crippen LogP contribution in [0.3, 0.4) is 0 Å².